The minimum atomic E-state index is -3.55. The second-order valence-electron chi connectivity index (χ2n) is 6.50. The van der Waals surface area contributed by atoms with Crippen molar-refractivity contribution in [1.29, 1.82) is 0 Å². The van der Waals surface area contributed by atoms with Crippen LogP contribution in [0.25, 0.3) is 0 Å². The zero-order valence-corrected chi connectivity index (χ0v) is 18.7. The molecule has 1 fully saturated rings. The number of thioether (sulfide) groups is 1. The van der Waals surface area contributed by atoms with Gasteiger partial charge in [-0.1, -0.05) is 42.5 Å². The number of benzene rings is 2. The van der Waals surface area contributed by atoms with Crippen molar-refractivity contribution >= 4 is 43.6 Å². The number of halogens is 1. The van der Waals surface area contributed by atoms with Crippen molar-refractivity contribution in [3.05, 3.63) is 64.6 Å². The van der Waals surface area contributed by atoms with Gasteiger partial charge >= 0.3 is 0 Å². The second-order valence-corrected chi connectivity index (χ2v) is 10.4. The molecular formula is C20H23BrN2O3S2. The lowest BCUT2D eigenvalue weighted by Crippen LogP contribution is -2.51. The second kappa shape index (κ2) is 9.91. The number of hydrogen-bond donors (Lipinski definition) is 0. The Morgan fingerprint density at radius 1 is 0.964 bits per heavy atom. The molecule has 3 rings (SSSR count). The standard InChI is InChI=1S/C20H23BrN2O3S2/c21-18-8-4-5-9-19(18)28(25,26)23-13-11-22(12-14-23)20(24)16-27-15-10-17-6-2-1-3-7-17/h1-9H,10-16H2. The van der Waals surface area contributed by atoms with E-state index in [1.807, 2.05) is 18.2 Å². The van der Waals surface area contributed by atoms with Gasteiger partial charge < -0.3 is 4.90 Å². The molecular weight excluding hydrogens is 460 g/mol. The van der Waals surface area contributed by atoms with E-state index in [4.69, 9.17) is 0 Å². The quantitative estimate of drug-likeness (QED) is 0.568. The van der Waals surface area contributed by atoms with E-state index >= 15 is 0 Å². The van der Waals surface area contributed by atoms with Crippen molar-refractivity contribution in [2.75, 3.05) is 37.7 Å². The van der Waals surface area contributed by atoms with Crippen LogP contribution in [0.3, 0.4) is 0 Å². The Kier molecular flexibility index (Phi) is 7.56. The Hall–Kier alpha value is -1.35. The molecule has 0 spiro atoms. The monoisotopic (exact) mass is 482 g/mol. The van der Waals surface area contributed by atoms with Crippen LogP contribution >= 0.6 is 27.7 Å². The van der Waals surface area contributed by atoms with Crippen LogP contribution in [0.15, 0.2) is 64.0 Å². The lowest BCUT2D eigenvalue weighted by Gasteiger charge is -2.34. The molecule has 28 heavy (non-hydrogen) atoms. The summed E-state index contributed by atoms with van der Waals surface area (Å²) in [5, 5.41) is 0. The van der Waals surface area contributed by atoms with Crippen LogP contribution in [-0.2, 0) is 21.2 Å². The molecule has 0 saturated carbocycles. The summed E-state index contributed by atoms with van der Waals surface area (Å²) in [6.45, 7) is 1.51. The maximum Gasteiger partial charge on any atom is 0.244 e. The average molecular weight is 483 g/mol. The SMILES string of the molecule is O=C(CSCCc1ccccc1)N1CCN(S(=O)(=O)c2ccccc2Br)CC1. The average Bonchev–Trinajstić information content (AvgIpc) is 2.72. The van der Waals surface area contributed by atoms with Gasteiger partial charge in [0.05, 0.1) is 10.6 Å². The number of aryl methyl sites for hydroxylation is 1. The van der Waals surface area contributed by atoms with Crippen LogP contribution in [0.5, 0.6) is 0 Å². The van der Waals surface area contributed by atoms with Gasteiger partial charge in [0.25, 0.3) is 0 Å². The molecule has 0 N–H and O–H groups in total. The summed E-state index contributed by atoms with van der Waals surface area (Å²) < 4.78 is 27.7. The first-order valence-electron chi connectivity index (χ1n) is 9.12. The normalized spacial score (nSPS) is 15.5. The van der Waals surface area contributed by atoms with Crippen molar-refractivity contribution in [2.24, 2.45) is 0 Å². The number of piperazine rings is 1. The van der Waals surface area contributed by atoms with Crippen LogP contribution < -0.4 is 0 Å². The van der Waals surface area contributed by atoms with E-state index in [0.29, 0.717) is 36.4 Å². The molecule has 5 nitrogen and oxygen atoms in total. The molecule has 0 aliphatic carbocycles. The maximum atomic E-state index is 12.8. The third-order valence-electron chi connectivity index (χ3n) is 4.65. The van der Waals surface area contributed by atoms with Gasteiger partial charge in [0.2, 0.25) is 15.9 Å². The molecule has 1 aliphatic heterocycles. The fourth-order valence-corrected chi connectivity index (χ4v) is 6.32. The van der Waals surface area contributed by atoms with Crippen LogP contribution in [0, 0.1) is 0 Å². The third kappa shape index (κ3) is 5.37. The van der Waals surface area contributed by atoms with Crippen molar-refractivity contribution in [3.8, 4) is 0 Å². The first-order valence-corrected chi connectivity index (χ1v) is 12.5. The summed E-state index contributed by atoms with van der Waals surface area (Å²) in [7, 11) is -3.55. The molecule has 0 radical (unpaired) electrons. The van der Waals surface area contributed by atoms with Crippen molar-refractivity contribution in [3.63, 3.8) is 0 Å². The van der Waals surface area contributed by atoms with Crippen molar-refractivity contribution in [1.82, 2.24) is 9.21 Å². The zero-order valence-electron chi connectivity index (χ0n) is 15.5. The highest BCUT2D eigenvalue weighted by atomic mass is 79.9. The fraction of sp³-hybridized carbons (Fsp3) is 0.350. The summed E-state index contributed by atoms with van der Waals surface area (Å²) in [5.74, 6) is 1.41. The Balaban J connectivity index is 1.45. The number of amides is 1. The Morgan fingerprint density at radius 3 is 2.29 bits per heavy atom. The summed E-state index contributed by atoms with van der Waals surface area (Å²) in [4.78, 5) is 14.5. The Morgan fingerprint density at radius 2 is 1.61 bits per heavy atom. The molecule has 2 aromatic rings. The van der Waals surface area contributed by atoms with Crippen molar-refractivity contribution in [2.45, 2.75) is 11.3 Å². The molecule has 1 amide bonds. The van der Waals surface area contributed by atoms with E-state index < -0.39 is 10.0 Å². The van der Waals surface area contributed by atoms with Crippen LogP contribution in [0.4, 0.5) is 0 Å². The highest BCUT2D eigenvalue weighted by molar-refractivity contribution is 9.10. The third-order valence-corrected chi connectivity index (χ3v) is 8.50. The van der Waals surface area contributed by atoms with Gasteiger partial charge in [-0.3, -0.25) is 4.79 Å². The number of nitrogens with zero attached hydrogens (tertiary/aromatic N) is 2. The van der Waals surface area contributed by atoms with E-state index in [0.717, 1.165) is 12.2 Å². The molecule has 150 valence electrons. The Labute approximate surface area is 179 Å². The van der Waals surface area contributed by atoms with Crippen LogP contribution in [0.2, 0.25) is 0 Å². The predicted molar refractivity (Wildman–Crippen MR) is 117 cm³/mol. The highest BCUT2D eigenvalue weighted by Crippen LogP contribution is 2.25. The lowest BCUT2D eigenvalue weighted by atomic mass is 10.2. The summed E-state index contributed by atoms with van der Waals surface area (Å²) >= 11 is 4.94. The topological polar surface area (TPSA) is 57.7 Å². The summed E-state index contributed by atoms with van der Waals surface area (Å²) in [5.41, 5.74) is 1.27. The van der Waals surface area contributed by atoms with Gasteiger partial charge in [-0.15, -0.1) is 0 Å². The largest absolute Gasteiger partial charge is 0.339 e. The van der Waals surface area contributed by atoms with Crippen molar-refractivity contribution < 1.29 is 13.2 Å². The minimum absolute atomic E-state index is 0.0796. The molecule has 2 aromatic carbocycles. The van der Waals surface area contributed by atoms with Gasteiger partial charge in [0, 0.05) is 30.7 Å². The highest BCUT2D eigenvalue weighted by Gasteiger charge is 2.31. The zero-order chi connectivity index (χ0) is 20.0. The predicted octanol–water partition coefficient (Wildman–Crippen LogP) is 3.26. The molecule has 1 aliphatic rings. The first kappa shape index (κ1) is 21.4. The first-order chi connectivity index (χ1) is 13.5. The number of rotatable bonds is 7. The summed E-state index contributed by atoms with van der Waals surface area (Å²) in [6, 6.07) is 17.0. The molecule has 1 heterocycles. The Bertz CT molecular complexity index is 899. The van der Waals surface area contributed by atoms with E-state index in [-0.39, 0.29) is 10.8 Å². The molecule has 8 heteroatoms. The number of hydrogen-bond acceptors (Lipinski definition) is 4. The van der Waals surface area contributed by atoms with Crippen LogP contribution in [-0.4, -0.2) is 61.2 Å². The number of carbonyl (C=O) groups is 1. The van der Waals surface area contributed by atoms with Gasteiger partial charge in [-0.25, -0.2) is 8.42 Å². The van der Waals surface area contributed by atoms with Gasteiger partial charge in [0.15, 0.2) is 0 Å². The van der Waals surface area contributed by atoms with E-state index in [1.54, 1.807) is 40.9 Å². The van der Waals surface area contributed by atoms with E-state index in [2.05, 4.69) is 28.1 Å². The van der Waals surface area contributed by atoms with E-state index in [9.17, 15) is 13.2 Å². The van der Waals surface area contributed by atoms with Gasteiger partial charge in [-0.2, -0.15) is 16.1 Å². The van der Waals surface area contributed by atoms with Gasteiger partial charge in [-0.05, 0) is 45.8 Å². The summed E-state index contributed by atoms with van der Waals surface area (Å²) in [6.07, 6.45) is 0.941. The number of sulfonamides is 1. The molecule has 0 atom stereocenters. The molecule has 0 bridgehead atoms. The lowest BCUT2D eigenvalue weighted by molar-refractivity contribution is -0.129. The molecule has 0 aromatic heterocycles. The van der Waals surface area contributed by atoms with Gasteiger partial charge in [0.1, 0.15) is 0 Å². The molecule has 0 unspecified atom stereocenters. The van der Waals surface area contributed by atoms with Crippen LogP contribution in [0.1, 0.15) is 5.56 Å². The molecule has 1 saturated heterocycles. The number of carbonyl (C=O) groups excluding carboxylic acids is 1. The maximum absolute atomic E-state index is 12.8. The fourth-order valence-electron chi connectivity index (χ4n) is 3.06. The minimum Gasteiger partial charge on any atom is -0.339 e. The van der Waals surface area contributed by atoms with E-state index in [1.165, 1.54) is 9.87 Å². The smallest absolute Gasteiger partial charge is 0.244 e.